The van der Waals surface area contributed by atoms with Crippen LogP contribution in [0.5, 0.6) is 0 Å². The van der Waals surface area contributed by atoms with Crippen LogP contribution in [0.2, 0.25) is 0 Å². The third-order valence-electron chi connectivity index (χ3n) is 3.52. The highest BCUT2D eigenvalue weighted by Crippen LogP contribution is 2.31. The molecule has 1 unspecified atom stereocenters. The van der Waals surface area contributed by atoms with Crippen LogP contribution in [0, 0.1) is 0 Å². The molecule has 1 aliphatic rings. The highest BCUT2D eigenvalue weighted by Gasteiger charge is 2.41. The Morgan fingerprint density at radius 2 is 2.14 bits per heavy atom. The van der Waals surface area contributed by atoms with Crippen molar-refractivity contribution >= 4 is 0 Å². The van der Waals surface area contributed by atoms with Gasteiger partial charge >= 0.3 is 11.9 Å². The summed E-state index contributed by atoms with van der Waals surface area (Å²) in [6.07, 6.45) is -8.83. The Balaban J connectivity index is 2.38. The average Bonchev–Trinajstić information content (AvgIpc) is 2.78. The molecule has 1 fully saturated rings. The highest BCUT2D eigenvalue weighted by molar-refractivity contribution is 5.09. The first-order valence-corrected chi connectivity index (χ1v) is 6.59. The molecular weight excluding hydrogens is 309 g/mol. The molecule has 10 heteroatoms. The number of rotatable bonds is 3. The van der Waals surface area contributed by atoms with Crippen LogP contribution in [0.4, 0.5) is 13.2 Å². The molecular formula is C12H15F3N2O5. The van der Waals surface area contributed by atoms with Gasteiger partial charge in [0.15, 0.2) is 0 Å². The summed E-state index contributed by atoms with van der Waals surface area (Å²) < 4.78 is 44.0. The van der Waals surface area contributed by atoms with E-state index in [-0.39, 0.29) is 12.8 Å². The fraction of sp³-hybridized carbons (Fsp3) is 0.667. The summed E-state index contributed by atoms with van der Waals surface area (Å²) in [6, 6.07) is 0. The molecule has 0 spiro atoms. The monoisotopic (exact) mass is 324 g/mol. The lowest BCUT2D eigenvalue weighted by Gasteiger charge is -2.20. The van der Waals surface area contributed by atoms with Crippen LogP contribution >= 0.6 is 0 Å². The number of aromatic nitrogens is 2. The molecule has 2 rings (SSSR count). The maximum atomic E-state index is 12.7. The van der Waals surface area contributed by atoms with Crippen LogP contribution in [0.25, 0.3) is 0 Å². The van der Waals surface area contributed by atoms with E-state index in [0.717, 1.165) is 0 Å². The predicted molar refractivity (Wildman–Crippen MR) is 67.2 cm³/mol. The summed E-state index contributed by atoms with van der Waals surface area (Å²) in [5, 5.41) is 19.5. The molecule has 0 bridgehead atoms. The van der Waals surface area contributed by atoms with E-state index in [1.54, 1.807) is 11.9 Å². The number of halogens is 3. The predicted octanol–water partition coefficient (Wildman–Crippen LogP) is -0.0253. The molecule has 124 valence electrons. The number of hydrogen-bond donors (Lipinski definition) is 3. The zero-order valence-corrected chi connectivity index (χ0v) is 11.5. The van der Waals surface area contributed by atoms with Gasteiger partial charge in [-0.3, -0.25) is 14.3 Å². The van der Waals surface area contributed by atoms with Gasteiger partial charge in [0, 0.05) is 12.6 Å². The lowest BCUT2D eigenvalue weighted by Crippen LogP contribution is -2.37. The smallest absolute Gasteiger partial charge is 0.390 e. The zero-order valence-electron chi connectivity index (χ0n) is 11.5. The quantitative estimate of drug-likeness (QED) is 0.724. The van der Waals surface area contributed by atoms with E-state index in [2.05, 4.69) is 0 Å². The lowest BCUT2D eigenvalue weighted by molar-refractivity contribution is -0.139. The first-order valence-electron chi connectivity index (χ1n) is 6.59. The highest BCUT2D eigenvalue weighted by atomic mass is 19.4. The molecule has 0 radical (unpaired) electrons. The van der Waals surface area contributed by atoms with Crippen LogP contribution in [0.1, 0.15) is 31.6 Å². The summed E-state index contributed by atoms with van der Waals surface area (Å²) in [6.45, 7) is 1.64. The van der Waals surface area contributed by atoms with E-state index < -0.39 is 47.5 Å². The molecule has 4 atom stereocenters. The average molecular weight is 324 g/mol. The summed E-state index contributed by atoms with van der Waals surface area (Å²) in [7, 11) is 0. The van der Waals surface area contributed by atoms with Gasteiger partial charge in [0.25, 0.3) is 5.56 Å². The second-order valence-electron chi connectivity index (χ2n) is 5.04. The maximum Gasteiger partial charge on any atom is 0.423 e. The minimum absolute atomic E-state index is 0.176. The molecule has 0 saturated carbocycles. The number of nitrogens with one attached hydrogen (secondary N) is 1. The Hall–Kier alpha value is -1.65. The van der Waals surface area contributed by atoms with Gasteiger partial charge in [-0.25, -0.2) is 4.79 Å². The van der Waals surface area contributed by atoms with Crippen molar-refractivity contribution in [1.82, 2.24) is 9.55 Å². The zero-order chi connectivity index (χ0) is 16.7. The molecule has 1 aromatic heterocycles. The number of hydrogen-bond acceptors (Lipinski definition) is 5. The fourth-order valence-corrected chi connectivity index (χ4v) is 2.33. The van der Waals surface area contributed by atoms with Gasteiger partial charge < -0.3 is 14.9 Å². The Labute approximate surface area is 122 Å². The molecule has 7 nitrogen and oxygen atoms in total. The first kappa shape index (κ1) is 16.7. The van der Waals surface area contributed by atoms with Crippen molar-refractivity contribution in [2.75, 3.05) is 0 Å². The van der Waals surface area contributed by atoms with Crippen LogP contribution in [-0.4, -0.2) is 38.1 Å². The molecule has 1 aliphatic heterocycles. The molecule has 1 saturated heterocycles. The molecule has 0 amide bonds. The van der Waals surface area contributed by atoms with Crippen LogP contribution in [0.3, 0.4) is 0 Å². The van der Waals surface area contributed by atoms with E-state index in [0.29, 0.717) is 10.8 Å². The molecule has 0 aromatic carbocycles. The molecule has 2 heterocycles. The molecule has 3 N–H and O–H groups in total. The summed E-state index contributed by atoms with van der Waals surface area (Å²) in [5.41, 5.74) is -4.16. The topological polar surface area (TPSA) is 105 Å². The minimum Gasteiger partial charge on any atom is -0.390 e. The van der Waals surface area contributed by atoms with Crippen LogP contribution < -0.4 is 11.2 Å². The number of aliphatic hydroxyl groups excluding tert-OH is 2. The van der Waals surface area contributed by atoms with E-state index >= 15 is 0 Å². The van der Waals surface area contributed by atoms with Crippen molar-refractivity contribution in [3.05, 3.63) is 32.6 Å². The molecule has 1 aromatic rings. The van der Waals surface area contributed by atoms with Gasteiger partial charge in [-0.1, -0.05) is 6.92 Å². The van der Waals surface area contributed by atoms with Crippen molar-refractivity contribution in [2.45, 2.75) is 50.5 Å². The minimum atomic E-state index is -4.93. The van der Waals surface area contributed by atoms with Crippen LogP contribution in [-0.2, 0) is 10.9 Å². The van der Waals surface area contributed by atoms with E-state index in [4.69, 9.17) is 4.74 Å². The second-order valence-corrected chi connectivity index (χ2v) is 5.04. The first-order chi connectivity index (χ1) is 10.1. The van der Waals surface area contributed by atoms with Gasteiger partial charge in [-0.05, 0) is 6.42 Å². The van der Waals surface area contributed by atoms with Gasteiger partial charge in [0.2, 0.25) is 0 Å². The van der Waals surface area contributed by atoms with Crippen molar-refractivity contribution in [3.8, 4) is 0 Å². The van der Waals surface area contributed by atoms with Crippen molar-refractivity contribution < 1.29 is 28.1 Å². The molecule has 0 aliphatic carbocycles. The van der Waals surface area contributed by atoms with Crippen molar-refractivity contribution in [1.29, 1.82) is 0 Å². The maximum absolute atomic E-state index is 12.7. The summed E-state index contributed by atoms with van der Waals surface area (Å²) in [5.74, 6) is 0. The van der Waals surface area contributed by atoms with Gasteiger partial charge in [0.05, 0.1) is 12.2 Å². The van der Waals surface area contributed by atoms with E-state index in [1.165, 1.54) is 0 Å². The van der Waals surface area contributed by atoms with Crippen molar-refractivity contribution in [3.63, 3.8) is 0 Å². The van der Waals surface area contributed by atoms with Gasteiger partial charge in [0.1, 0.15) is 17.9 Å². The normalized spacial score (nSPS) is 27.1. The SMILES string of the molecule is CCC(O)[C@H]1O[C@@H](n2cc(C(F)(F)F)c(=O)[nH]c2=O)C[C@@H]1O. The number of aromatic amines is 1. The number of nitrogens with zero attached hydrogens (tertiary/aromatic N) is 1. The number of H-pyrrole nitrogens is 1. The Bertz CT molecular complexity index is 653. The van der Waals surface area contributed by atoms with Gasteiger partial charge in [-0.2, -0.15) is 13.2 Å². The Morgan fingerprint density at radius 3 is 2.68 bits per heavy atom. The number of alkyl halides is 3. The third-order valence-corrected chi connectivity index (χ3v) is 3.52. The van der Waals surface area contributed by atoms with E-state index in [1.807, 2.05) is 0 Å². The Morgan fingerprint density at radius 1 is 1.50 bits per heavy atom. The number of aliphatic hydroxyl groups is 2. The second kappa shape index (κ2) is 5.86. The standard InChI is InChI=1S/C12H15F3N2O5/c1-2-6(18)9-7(19)3-8(22-9)17-4-5(12(13,14)15)10(20)16-11(17)21/h4,6-9,18-19H,2-3H2,1H3,(H,16,20,21)/t6?,7-,8+,9+/m0/s1. The fourth-order valence-electron chi connectivity index (χ4n) is 2.33. The summed E-state index contributed by atoms with van der Waals surface area (Å²) >= 11 is 0. The Kier molecular flexibility index (Phi) is 4.45. The van der Waals surface area contributed by atoms with Gasteiger partial charge in [-0.15, -0.1) is 0 Å². The third kappa shape index (κ3) is 3.08. The molecule has 22 heavy (non-hydrogen) atoms. The van der Waals surface area contributed by atoms with Crippen molar-refractivity contribution in [2.24, 2.45) is 0 Å². The largest absolute Gasteiger partial charge is 0.423 e. The summed E-state index contributed by atoms with van der Waals surface area (Å²) in [4.78, 5) is 24.5. The van der Waals surface area contributed by atoms with E-state index in [9.17, 15) is 33.0 Å². The lowest BCUT2D eigenvalue weighted by atomic mass is 10.1. The number of ether oxygens (including phenoxy) is 1. The van der Waals surface area contributed by atoms with Crippen LogP contribution in [0.15, 0.2) is 15.8 Å².